The van der Waals surface area contributed by atoms with E-state index in [4.69, 9.17) is 9.47 Å². The molecule has 0 radical (unpaired) electrons. The lowest BCUT2D eigenvalue weighted by atomic mass is 10.0. The zero-order valence-corrected chi connectivity index (χ0v) is 20.6. The summed E-state index contributed by atoms with van der Waals surface area (Å²) in [5.74, 6) is 0.926. The molecule has 5 rings (SSSR count). The third-order valence-electron chi connectivity index (χ3n) is 6.72. The fraction of sp³-hybridized carbons (Fsp3) is 0.565. The molecule has 38 heavy (non-hydrogen) atoms. The standard InChI is InChI=1S/C23H27F3N8O4/c1-14(34-17-10-29-30-21(36)19(17)20(31-34)23(24,25)26)11-37-7-2-18(35)32-3-5-33(6-4-32)22-27-8-15(9-28-22)16-12-38-13-16/h8-10,14,16H,2-7,11-13H2,1H3,(H,30,36). The number of alkyl halides is 3. The van der Waals surface area contributed by atoms with E-state index < -0.39 is 28.9 Å². The van der Waals surface area contributed by atoms with Crippen LogP contribution in [0.4, 0.5) is 19.1 Å². The molecule has 3 aromatic heterocycles. The molecule has 1 amide bonds. The van der Waals surface area contributed by atoms with Gasteiger partial charge in [-0.2, -0.15) is 23.4 Å². The number of nitrogens with zero attached hydrogens (tertiary/aromatic N) is 7. The number of carbonyl (C=O) groups excluding carboxylic acids is 1. The highest BCUT2D eigenvalue weighted by atomic mass is 19.4. The molecular weight excluding hydrogens is 509 g/mol. The summed E-state index contributed by atoms with van der Waals surface area (Å²) in [5, 5.41) is 8.65. The lowest BCUT2D eigenvalue weighted by Gasteiger charge is -2.35. The van der Waals surface area contributed by atoms with Crippen LogP contribution in [0.2, 0.25) is 0 Å². The highest BCUT2D eigenvalue weighted by molar-refractivity contribution is 5.80. The van der Waals surface area contributed by atoms with Crippen LogP contribution in [0, 0.1) is 0 Å². The minimum absolute atomic E-state index is 0.00223. The van der Waals surface area contributed by atoms with Crippen molar-refractivity contribution in [3.05, 3.63) is 40.2 Å². The first-order valence-electron chi connectivity index (χ1n) is 12.3. The summed E-state index contributed by atoms with van der Waals surface area (Å²) < 4.78 is 52.0. The largest absolute Gasteiger partial charge is 0.435 e. The number of aromatic amines is 1. The van der Waals surface area contributed by atoms with E-state index in [1.807, 2.05) is 22.4 Å². The quantitative estimate of drug-likeness (QED) is 0.424. The van der Waals surface area contributed by atoms with Crippen LogP contribution in [0.3, 0.4) is 0 Å². The number of fused-ring (bicyclic) bond motifs is 1. The first-order valence-corrected chi connectivity index (χ1v) is 12.3. The number of H-pyrrole nitrogens is 1. The number of hydrogen-bond acceptors (Lipinski definition) is 9. The van der Waals surface area contributed by atoms with E-state index in [2.05, 4.69) is 20.2 Å². The van der Waals surface area contributed by atoms with Gasteiger partial charge in [0.05, 0.1) is 50.6 Å². The van der Waals surface area contributed by atoms with Crippen molar-refractivity contribution in [2.45, 2.75) is 31.5 Å². The number of anilines is 1. The van der Waals surface area contributed by atoms with E-state index in [0.717, 1.165) is 16.4 Å². The van der Waals surface area contributed by atoms with Gasteiger partial charge in [0.25, 0.3) is 5.56 Å². The lowest BCUT2D eigenvalue weighted by Crippen LogP contribution is -2.49. The molecule has 1 N–H and O–H groups in total. The maximum Gasteiger partial charge on any atom is 0.435 e. The zero-order valence-electron chi connectivity index (χ0n) is 20.6. The number of ether oxygens (including phenoxy) is 2. The van der Waals surface area contributed by atoms with Crippen molar-refractivity contribution < 1.29 is 27.4 Å². The van der Waals surface area contributed by atoms with Crippen molar-refractivity contribution in [1.82, 2.24) is 34.8 Å². The van der Waals surface area contributed by atoms with Gasteiger partial charge in [-0.15, -0.1) is 0 Å². The fourth-order valence-corrected chi connectivity index (χ4v) is 4.47. The molecular formula is C23H27F3N8O4. The Morgan fingerprint density at radius 1 is 1.18 bits per heavy atom. The number of hydrogen-bond donors (Lipinski definition) is 1. The molecule has 2 saturated heterocycles. The summed E-state index contributed by atoms with van der Waals surface area (Å²) in [6.07, 6.45) is 0.124. The van der Waals surface area contributed by atoms with E-state index in [-0.39, 0.29) is 31.1 Å². The van der Waals surface area contributed by atoms with Crippen molar-refractivity contribution in [2.75, 3.05) is 57.5 Å². The first-order chi connectivity index (χ1) is 18.2. The Labute approximate surface area is 214 Å². The van der Waals surface area contributed by atoms with Crippen molar-refractivity contribution in [3.63, 3.8) is 0 Å². The topological polar surface area (TPSA) is 131 Å². The highest BCUT2D eigenvalue weighted by Gasteiger charge is 2.38. The second kappa shape index (κ2) is 10.6. The predicted octanol–water partition coefficient (Wildman–Crippen LogP) is 1.36. The summed E-state index contributed by atoms with van der Waals surface area (Å²) in [6.45, 7) is 5.38. The molecule has 2 fully saturated rings. The first kappa shape index (κ1) is 26.0. The molecule has 0 spiro atoms. The van der Waals surface area contributed by atoms with E-state index in [1.165, 1.54) is 0 Å². The van der Waals surface area contributed by atoms with Crippen LogP contribution >= 0.6 is 0 Å². The normalized spacial score (nSPS) is 17.6. The average Bonchev–Trinajstić information content (AvgIpc) is 3.28. The number of piperazine rings is 1. The Hall–Kier alpha value is -3.59. The van der Waals surface area contributed by atoms with Crippen LogP contribution in [0.15, 0.2) is 23.4 Å². The minimum atomic E-state index is -4.80. The van der Waals surface area contributed by atoms with Crippen LogP contribution in [-0.4, -0.2) is 93.4 Å². The van der Waals surface area contributed by atoms with Gasteiger partial charge in [-0.25, -0.2) is 15.1 Å². The number of nitrogens with one attached hydrogen (secondary N) is 1. The van der Waals surface area contributed by atoms with Gasteiger partial charge in [0.1, 0.15) is 5.39 Å². The van der Waals surface area contributed by atoms with E-state index >= 15 is 0 Å². The SMILES string of the molecule is CC(COCCC(=O)N1CCN(c2ncc(C3COC3)cn2)CC1)n1nc(C(F)(F)F)c2c(=O)[nH]ncc21. The summed E-state index contributed by atoms with van der Waals surface area (Å²) in [5.41, 5.74) is -1.21. The van der Waals surface area contributed by atoms with Gasteiger partial charge in [-0.3, -0.25) is 14.3 Å². The zero-order chi connectivity index (χ0) is 26.9. The van der Waals surface area contributed by atoms with Crippen LogP contribution in [-0.2, 0) is 20.4 Å². The summed E-state index contributed by atoms with van der Waals surface area (Å²) >= 11 is 0. The van der Waals surface area contributed by atoms with Gasteiger partial charge < -0.3 is 19.3 Å². The highest BCUT2D eigenvalue weighted by Crippen LogP contribution is 2.33. The van der Waals surface area contributed by atoms with Crippen LogP contribution < -0.4 is 10.5 Å². The predicted molar refractivity (Wildman–Crippen MR) is 128 cm³/mol. The Balaban J connectivity index is 1.09. The average molecular weight is 537 g/mol. The monoisotopic (exact) mass is 536 g/mol. The molecule has 12 nitrogen and oxygen atoms in total. The summed E-state index contributed by atoms with van der Waals surface area (Å²) in [6, 6.07) is -0.626. The maximum absolute atomic E-state index is 13.4. The molecule has 0 bridgehead atoms. The third kappa shape index (κ3) is 5.34. The molecule has 1 atom stereocenters. The molecule has 15 heteroatoms. The van der Waals surface area contributed by atoms with Crippen LogP contribution in [0.1, 0.15) is 36.6 Å². The number of amides is 1. The molecule has 3 aromatic rings. The number of carbonyl (C=O) groups is 1. The Morgan fingerprint density at radius 3 is 2.53 bits per heavy atom. The van der Waals surface area contributed by atoms with E-state index in [0.29, 0.717) is 51.3 Å². The number of aromatic nitrogens is 6. The maximum atomic E-state index is 13.4. The molecule has 0 saturated carbocycles. The van der Waals surface area contributed by atoms with Gasteiger partial charge in [-0.05, 0) is 12.5 Å². The van der Waals surface area contributed by atoms with Crippen molar-refractivity contribution >= 4 is 22.8 Å². The second-order valence-electron chi connectivity index (χ2n) is 9.34. The van der Waals surface area contributed by atoms with Gasteiger partial charge in [0, 0.05) is 44.5 Å². The van der Waals surface area contributed by atoms with Crippen molar-refractivity contribution in [1.29, 1.82) is 0 Å². The number of halogens is 3. The number of rotatable bonds is 8. The third-order valence-corrected chi connectivity index (χ3v) is 6.72. The molecule has 0 aliphatic carbocycles. The smallest absolute Gasteiger partial charge is 0.380 e. The van der Waals surface area contributed by atoms with Gasteiger partial charge in [0.2, 0.25) is 11.9 Å². The summed E-state index contributed by atoms with van der Waals surface area (Å²) in [7, 11) is 0. The Bertz CT molecular complexity index is 1330. The van der Waals surface area contributed by atoms with Crippen molar-refractivity contribution in [2.24, 2.45) is 0 Å². The molecule has 5 heterocycles. The second-order valence-corrected chi connectivity index (χ2v) is 9.34. The van der Waals surface area contributed by atoms with Crippen LogP contribution in [0.5, 0.6) is 0 Å². The molecule has 2 aliphatic heterocycles. The summed E-state index contributed by atoms with van der Waals surface area (Å²) in [4.78, 5) is 37.3. The van der Waals surface area contributed by atoms with Gasteiger partial charge >= 0.3 is 6.18 Å². The van der Waals surface area contributed by atoms with Crippen LogP contribution in [0.25, 0.3) is 10.9 Å². The molecule has 2 aliphatic rings. The Morgan fingerprint density at radius 2 is 1.89 bits per heavy atom. The minimum Gasteiger partial charge on any atom is -0.380 e. The van der Waals surface area contributed by atoms with Gasteiger partial charge in [0.15, 0.2) is 5.69 Å². The fourth-order valence-electron chi connectivity index (χ4n) is 4.47. The van der Waals surface area contributed by atoms with Crippen molar-refractivity contribution in [3.8, 4) is 0 Å². The van der Waals surface area contributed by atoms with Gasteiger partial charge in [-0.1, -0.05) is 0 Å². The molecule has 204 valence electrons. The Kier molecular flexibility index (Phi) is 7.29. The molecule has 0 aromatic carbocycles. The molecule has 1 unspecified atom stereocenters. The lowest BCUT2D eigenvalue weighted by molar-refractivity contribution is -0.140. The van der Waals surface area contributed by atoms with E-state index in [1.54, 1.807) is 11.8 Å². The van der Waals surface area contributed by atoms with E-state index in [9.17, 15) is 22.8 Å².